The van der Waals surface area contributed by atoms with Gasteiger partial charge in [-0.25, -0.2) is 0 Å². The molecule has 0 bridgehead atoms. The van der Waals surface area contributed by atoms with E-state index in [0.717, 1.165) is 6.42 Å². The molecule has 0 aliphatic carbocycles. The quantitative estimate of drug-likeness (QED) is 0.774. The number of anilines is 1. The topological polar surface area (TPSA) is 21.3 Å². The predicted octanol–water partition coefficient (Wildman–Crippen LogP) is 4.02. The molecule has 3 heteroatoms. The summed E-state index contributed by atoms with van der Waals surface area (Å²) in [7, 11) is 1.76. The van der Waals surface area contributed by atoms with Crippen LogP contribution in [0.5, 0.6) is 0 Å². The minimum absolute atomic E-state index is 0.0798. The summed E-state index contributed by atoms with van der Waals surface area (Å²) >= 11 is 1.76. The fourth-order valence-electron chi connectivity index (χ4n) is 1.87. The van der Waals surface area contributed by atoms with Gasteiger partial charge in [-0.15, -0.1) is 11.8 Å². The fraction of sp³-hybridized carbons (Fsp3) is 0.571. The summed E-state index contributed by atoms with van der Waals surface area (Å²) in [6, 6.07) is 8.89. The Kier molecular flexibility index (Phi) is 5.34. The molecule has 2 nitrogen and oxygen atoms in total. The third-order valence-electron chi connectivity index (χ3n) is 2.83. The number of hydrogen-bond donors (Lipinski definition) is 1. The van der Waals surface area contributed by atoms with Gasteiger partial charge in [-0.05, 0) is 51.6 Å². The first-order chi connectivity index (χ1) is 7.96. The van der Waals surface area contributed by atoms with E-state index in [1.807, 2.05) is 0 Å². The van der Waals surface area contributed by atoms with Gasteiger partial charge in [0, 0.05) is 23.7 Å². The third-order valence-corrected chi connectivity index (χ3v) is 3.56. The average molecular weight is 253 g/mol. The lowest BCUT2D eigenvalue weighted by Gasteiger charge is -2.27. The van der Waals surface area contributed by atoms with Gasteiger partial charge in [0.05, 0.1) is 5.60 Å². The van der Waals surface area contributed by atoms with Crippen LogP contribution in [0.15, 0.2) is 29.2 Å². The molecule has 1 rings (SSSR count). The van der Waals surface area contributed by atoms with E-state index in [0.29, 0.717) is 6.04 Å². The summed E-state index contributed by atoms with van der Waals surface area (Å²) in [6.07, 6.45) is 3.07. The van der Waals surface area contributed by atoms with Crippen LogP contribution in [0, 0.1) is 0 Å². The summed E-state index contributed by atoms with van der Waals surface area (Å²) in [6.45, 7) is 6.42. The van der Waals surface area contributed by atoms with Crippen LogP contribution in [0.2, 0.25) is 0 Å². The highest BCUT2D eigenvalue weighted by molar-refractivity contribution is 7.98. The smallest absolute Gasteiger partial charge is 0.0642 e. The van der Waals surface area contributed by atoms with Gasteiger partial charge in [-0.1, -0.05) is 6.07 Å². The molecule has 0 saturated carbocycles. The molecule has 0 heterocycles. The Hall–Kier alpha value is -0.670. The number of ether oxygens (including phenoxy) is 1. The van der Waals surface area contributed by atoms with E-state index in [9.17, 15) is 0 Å². The van der Waals surface area contributed by atoms with E-state index in [4.69, 9.17) is 4.74 Å². The molecule has 0 aliphatic heterocycles. The highest BCUT2D eigenvalue weighted by atomic mass is 32.2. The van der Waals surface area contributed by atoms with Crippen molar-refractivity contribution in [3.8, 4) is 0 Å². The SMILES string of the molecule is COC(C)(C)CC(C)Nc1cccc(SC)c1. The van der Waals surface area contributed by atoms with E-state index < -0.39 is 0 Å². The Labute approximate surface area is 109 Å². The number of rotatable bonds is 6. The van der Waals surface area contributed by atoms with Crippen molar-refractivity contribution in [2.75, 3.05) is 18.7 Å². The maximum Gasteiger partial charge on any atom is 0.0642 e. The maximum atomic E-state index is 5.45. The lowest BCUT2D eigenvalue weighted by atomic mass is 10.00. The van der Waals surface area contributed by atoms with Crippen molar-refractivity contribution >= 4 is 17.4 Å². The zero-order valence-corrected chi connectivity index (χ0v) is 12.2. The van der Waals surface area contributed by atoms with Gasteiger partial charge in [0.1, 0.15) is 0 Å². The fourth-order valence-corrected chi connectivity index (χ4v) is 2.33. The largest absolute Gasteiger partial charge is 0.382 e. The molecule has 1 aromatic rings. The first kappa shape index (κ1) is 14.4. The van der Waals surface area contributed by atoms with Gasteiger partial charge < -0.3 is 10.1 Å². The molecule has 0 spiro atoms. The zero-order chi connectivity index (χ0) is 12.9. The van der Waals surface area contributed by atoms with Gasteiger partial charge in [0.2, 0.25) is 0 Å². The lowest BCUT2D eigenvalue weighted by molar-refractivity contribution is 0.0128. The van der Waals surface area contributed by atoms with Crippen LogP contribution in [-0.4, -0.2) is 25.0 Å². The van der Waals surface area contributed by atoms with Crippen molar-refractivity contribution in [1.82, 2.24) is 0 Å². The highest BCUT2D eigenvalue weighted by Gasteiger charge is 2.19. The Morgan fingerprint density at radius 1 is 1.41 bits per heavy atom. The maximum absolute atomic E-state index is 5.45. The standard InChI is InChI=1S/C14H23NOS/c1-11(10-14(2,3)16-4)15-12-7-6-8-13(9-12)17-5/h6-9,11,15H,10H2,1-5H3. The van der Waals surface area contributed by atoms with E-state index in [-0.39, 0.29) is 5.60 Å². The van der Waals surface area contributed by atoms with Crippen molar-refractivity contribution < 1.29 is 4.74 Å². The van der Waals surface area contributed by atoms with E-state index in [1.165, 1.54) is 10.6 Å². The van der Waals surface area contributed by atoms with Crippen LogP contribution in [0.3, 0.4) is 0 Å². The van der Waals surface area contributed by atoms with Gasteiger partial charge in [-0.2, -0.15) is 0 Å². The molecule has 96 valence electrons. The van der Waals surface area contributed by atoms with Crippen molar-refractivity contribution in [2.24, 2.45) is 0 Å². The van der Waals surface area contributed by atoms with Gasteiger partial charge in [-0.3, -0.25) is 0 Å². The zero-order valence-electron chi connectivity index (χ0n) is 11.4. The second kappa shape index (κ2) is 6.31. The van der Waals surface area contributed by atoms with Crippen LogP contribution in [0.25, 0.3) is 0 Å². The Morgan fingerprint density at radius 2 is 2.12 bits per heavy atom. The molecule has 0 radical (unpaired) electrons. The number of nitrogens with one attached hydrogen (secondary N) is 1. The van der Waals surface area contributed by atoms with Crippen LogP contribution in [0.1, 0.15) is 27.2 Å². The van der Waals surface area contributed by atoms with Gasteiger partial charge in [0.25, 0.3) is 0 Å². The summed E-state index contributed by atoms with van der Waals surface area (Å²) in [5.41, 5.74) is 1.10. The van der Waals surface area contributed by atoms with Gasteiger partial charge in [0.15, 0.2) is 0 Å². The first-order valence-corrected chi connectivity index (χ1v) is 7.15. The molecule has 1 unspecified atom stereocenters. The Balaban J connectivity index is 2.58. The molecule has 0 aromatic heterocycles. The molecule has 17 heavy (non-hydrogen) atoms. The number of hydrogen-bond acceptors (Lipinski definition) is 3. The minimum Gasteiger partial charge on any atom is -0.382 e. The van der Waals surface area contributed by atoms with Crippen LogP contribution in [0.4, 0.5) is 5.69 Å². The van der Waals surface area contributed by atoms with Crippen molar-refractivity contribution in [3.05, 3.63) is 24.3 Å². The normalized spacial score (nSPS) is 13.5. The van der Waals surface area contributed by atoms with Crippen molar-refractivity contribution in [2.45, 2.75) is 43.7 Å². The van der Waals surface area contributed by atoms with Crippen molar-refractivity contribution in [3.63, 3.8) is 0 Å². The second-order valence-corrected chi connectivity index (χ2v) is 5.82. The number of methoxy groups -OCH3 is 1. The van der Waals surface area contributed by atoms with E-state index >= 15 is 0 Å². The number of thioether (sulfide) groups is 1. The van der Waals surface area contributed by atoms with E-state index in [2.05, 4.69) is 56.6 Å². The molecule has 0 aliphatic rings. The molecule has 0 saturated heterocycles. The molecule has 1 atom stereocenters. The van der Waals surface area contributed by atoms with Crippen molar-refractivity contribution in [1.29, 1.82) is 0 Å². The second-order valence-electron chi connectivity index (χ2n) is 4.95. The summed E-state index contributed by atoms with van der Waals surface area (Å²) in [4.78, 5) is 1.29. The minimum atomic E-state index is -0.0798. The van der Waals surface area contributed by atoms with Gasteiger partial charge >= 0.3 is 0 Å². The Morgan fingerprint density at radius 3 is 2.71 bits per heavy atom. The highest BCUT2D eigenvalue weighted by Crippen LogP contribution is 2.22. The predicted molar refractivity (Wildman–Crippen MR) is 77.0 cm³/mol. The summed E-state index contributed by atoms with van der Waals surface area (Å²) < 4.78 is 5.45. The molecular formula is C14H23NOS. The summed E-state index contributed by atoms with van der Waals surface area (Å²) in [5, 5.41) is 3.51. The molecule has 0 amide bonds. The molecule has 1 aromatic carbocycles. The van der Waals surface area contributed by atoms with Crippen LogP contribution >= 0.6 is 11.8 Å². The third kappa shape index (κ3) is 5.00. The molecule has 0 fully saturated rings. The van der Waals surface area contributed by atoms with E-state index in [1.54, 1.807) is 18.9 Å². The Bertz CT molecular complexity index is 352. The average Bonchev–Trinajstić information content (AvgIpc) is 2.28. The monoisotopic (exact) mass is 253 g/mol. The molecule has 1 N–H and O–H groups in total. The van der Waals surface area contributed by atoms with Crippen LogP contribution < -0.4 is 5.32 Å². The summed E-state index contributed by atoms with van der Waals surface area (Å²) in [5.74, 6) is 0. The lowest BCUT2D eigenvalue weighted by Crippen LogP contribution is -2.31. The molecular weight excluding hydrogens is 230 g/mol. The van der Waals surface area contributed by atoms with Crippen LogP contribution in [-0.2, 0) is 4.74 Å². The number of benzene rings is 1. The first-order valence-electron chi connectivity index (χ1n) is 5.92.